The molecular weight excluding hydrogens is 306 g/mol. The van der Waals surface area contributed by atoms with E-state index < -0.39 is 0 Å². The molecule has 0 bridgehead atoms. The van der Waals surface area contributed by atoms with Crippen LogP contribution in [0, 0.1) is 0 Å². The molecule has 8 heteroatoms. The van der Waals surface area contributed by atoms with Crippen molar-refractivity contribution in [3.05, 3.63) is 42.2 Å². The maximum Gasteiger partial charge on any atom is 0.317 e. The van der Waals surface area contributed by atoms with Gasteiger partial charge in [0.25, 0.3) is 0 Å². The molecule has 0 unspecified atom stereocenters. The quantitative estimate of drug-likeness (QED) is 0.874. The summed E-state index contributed by atoms with van der Waals surface area (Å²) in [5.74, 6) is 0.780. The highest BCUT2D eigenvalue weighted by Gasteiger charge is 2.21. The van der Waals surface area contributed by atoms with Gasteiger partial charge in [0.2, 0.25) is 0 Å². The third-order valence-corrected chi connectivity index (χ3v) is 4.25. The summed E-state index contributed by atoms with van der Waals surface area (Å²) in [5, 5.41) is 10.8. The minimum absolute atomic E-state index is 0.0378. The minimum Gasteiger partial charge on any atom is -0.331 e. The van der Waals surface area contributed by atoms with E-state index in [4.69, 9.17) is 0 Å². The molecule has 0 aliphatic carbocycles. The van der Waals surface area contributed by atoms with Crippen molar-refractivity contribution in [2.75, 3.05) is 26.2 Å². The van der Waals surface area contributed by atoms with Crippen molar-refractivity contribution in [3.63, 3.8) is 0 Å². The van der Waals surface area contributed by atoms with Crippen molar-refractivity contribution < 1.29 is 4.79 Å². The fourth-order valence-electron chi connectivity index (χ4n) is 2.80. The number of aromatic nitrogens is 4. The van der Waals surface area contributed by atoms with Gasteiger partial charge in [-0.25, -0.2) is 4.79 Å². The predicted molar refractivity (Wildman–Crippen MR) is 89.0 cm³/mol. The number of urea groups is 1. The van der Waals surface area contributed by atoms with Crippen LogP contribution in [0.25, 0.3) is 0 Å². The van der Waals surface area contributed by atoms with Crippen LogP contribution in [-0.2, 0) is 19.6 Å². The molecule has 0 spiro atoms. The zero-order valence-electron chi connectivity index (χ0n) is 13.9. The summed E-state index contributed by atoms with van der Waals surface area (Å²) in [5.41, 5.74) is 1.25. The van der Waals surface area contributed by atoms with Crippen molar-refractivity contribution in [1.29, 1.82) is 0 Å². The Hall–Kier alpha value is -2.48. The van der Waals surface area contributed by atoms with Gasteiger partial charge >= 0.3 is 6.03 Å². The lowest BCUT2D eigenvalue weighted by atomic mass is 10.2. The van der Waals surface area contributed by atoms with Crippen molar-refractivity contribution in [1.82, 2.24) is 34.9 Å². The van der Waals surface area contributed by atoms with Crippen LogP contribution < -0.4 is 5.32 Å². The molecule has 2 amide bonds. The molecule has 3 rings (SSSR count). The van der Waals surface area contributed by atoms with Crippen LogP contribution in [0.1, 0.15) is 18.3 Å². The SMILES string of the molecule is CCn1cnnc1CNC(=O)N1CCN(Cc2ccncc2)CC1. The maximum absolute atomic E-state index is 12.3. The van der Waals surface area contributed by atoms with Gasteiger partial charge in [-0.15, -0.1) is 10.2 Å². The lowest BCUT2D eigenvalue weighted by molar-refractivity contribution is 0.135. The van der Waals surface area contributed by atoms with Crippen molar-refractivity contribution in [3.8, 4) is 0 Å². The van der Waals surface area contributed by atoms with Crippen molar-refractivity contribution >= 4 is 6.03 Å². The summed E-state index contributed by atoms with van der Waals surface area (Å²) in [6, 6.07) is 4.02. The highest BCUT2D eigenvalue weighted by molar-refractivity contribution is 5.74. The molecule has 0 atom stereocenters. The van der Waals surface area contributed by atoms with Gasteiger partial charge in [-0.3, -0.25) is 9.88 Å². The summed E-state index contributed by atoms with van der Waals surface area (Å²) in [4.78, 5) is 20.5. The number of pyridine rings is 1. The van der Waals surface area contributed by atoms with E-state index in [0.717, 1.165) is 45.1 Å². The van der Waals surface area contributed by atoms with Gasteiger partial charge in [-0.05, 0) is 24.6 Å². The third-order valence-electron chi connectivity index (χ3n) is 4.25. The first-order valence-corrected chi connectivity index (χ1v) is 8.27. The second-order valence-electron chi connectivity index (χ2n) is 5.81. The van der Waals surface area contributed by atoms with Gasteiger partial charge in [0.05, 0.1) is 6.54 Å². The molecule has 0 aromatic carbocycles. The smallest absolute Gasteiger partial charge is 0.317 e. The van der Waals surface area contributed by atoms with Gasteiger partial charge in [-0.2, -0.15) is 0 Å². The normalized spacial score (nSPS) is 15.5. The predicted octanol–water partition coefficient (Wildman–Crippen LogP) is 0.720. The second kappa shape index (κ2) is 7.87. The van der Waals surface area contributed by atoms with Gasteiger partial charge in [0, 0.05) is 51.7 Å². The molecule has 0 radical (unpaired) electrons. The van der Waals surface area contributed by atoms with Crippen LogP contribution >= 0.6 is 0 Å². The van der Waals surface area contributed by atoms with E-state index in [1.807, 2.05) is 40.9 Å². The standard InChI is InChI=1S/C16H23N7O/c1-2-22-13-19-20-15(22)11-18-16(24)23-9-7-21(8-10-23)12-14-3-5-17-6-4-14/h3-6,13H,2,7-12H2,1H3,(H,18,24). The monoisotopic (exact) mass is 329 g/mol. The average Bonchev–Trinajstić information content (AvgIpc) is 3.09. The highest BCUT2D eigenvalue weighted by Crippen LogP contribution is 2.08. The molecular formula is C16H23N7O. The lowest BCUT2D eigenvalue weighted by Gasteiger charge is -2.34. The Morgan fingerprint density at radius 2 is 1.96 bits per heavy atom. The first kappa shape index (κ1) is 16.4. The summed E-state index contributed by atoms with van der Waals surface area (Å²) < 4.78 is 1.92. The van der Waals surface area contributed by atoms with Gasteiger partial charge in [0.1, 0.15) is 6.33 Å². The van der Waals surface area contributed by atoms with Crippen molar-refractivity contribution in [2.24, 2.45) is 0 Å². The molecule has 0 saturated carbocycles. The fraction of sp³-hybridized carbons (Fsp3) is 0.500. The van der Waals surface area contributed by atoms with Crippen LogP contribution in [0.2, 0.25) is 0 Å². The van der Waals surface area contributed by atoms with Crippen LogP contribution in [0.5, 0.6) is 0 Å². The van der Waals surface area contributed by atoms with E-state index in [2.05, 4.69) is 25.4 Å². The maximum atomic E-state index is 12.3. The van der Waals surface area contributed by atoms with Gasteiger partial charge in [-0.1, -0.05) is 0 Å². The van der Waals surface area contributed by atoms with Crippen LogP contribution in [0.4, 0.5) is 4.79 Å². The zero-order chi connectivity index (χ0) is 16.8. The Bertz CT molecular complexity index is 649. The number of amides is 2. The van der Waals surface area contributed by atoms with E-state index in [-0.39, 0.29) is 6.03 Å². The number of piperazine rings is 1. The topological polar surface area (TPSA) is 79.2 Å². The summed E-state index contributed by atoms with van der Waals surface area (Å²) in [7, 11) is 0. The molecule has 128 valence electrons. The molecule has 2 aromatic heterocycles. The molecule has 1 aliphatic rings. The Labute approximate surface area is 141 Å². The molecule has 24 heavy (non-hydrogen) atoms. The van der Waals surface area contributed by atoms with Crippen LogP contribution in [0.3, 0.4) is 0 Å². The number of carbonyl (C=O) groups is 1. The molecule has 2 aromatic rings. The molecule has 1 aliphatic heterocycles. The Morgan fingerprint density at radius 1 is 1.21 bits per heavy atom. The van der Waals surface area contributed by atoms with Gasteiger partial charge in [0.15, 0.2) is 5.82 Å². The number of rotatable bonds is 5. The molecule has 8 nitrogen and oxygen atoms in total. The molecule has 1 saturated heterocycles. The summed E-state index contributed by atoms with van der Waals surface area (Å²) in [6.07, 6.45) is 5.31. The first-order chi connectivity index (χ1) is 11.8. The summed E-state index contributed by atoms with van der Waals surface area (Å²) >= 11 is 0. The fourth-order valence-corrected chi connectivity index (χ4v) is 2.80. The van der Waals surface area contributed by atoms with E-state index in [9.17, 15) is 4.79 Å². The number of hydrogen-bond donors (Lipinski definition) is 1. The second-order valence-corrected chi connectivity index (χ2v) is 5.81. The first-order valence-electron chi connectivity index (χ1n) is 8.27. The Morgan fingerprint density at radius 3 is 2.67 bits per heavy atom. The molecule has 1 N–H and O–H groups in total. The molecule has 3 heterocycles. The number of aryl methyl sites for hydroxylation is 1. The average molecular weight is 329 g/mol. The number of nitrogens with one attached hydrogen (secondary N) is 1. The Balaban J connectivity index is 1.43. The lowest BCUT2D eigenvalue weighted by Crippen LogP contribution is -2.51. The summed E-state index contributed by atoms with van der Waals surface area (Å²) in [6.45, 7) is 7.35. The largest absolute Gasteiger partial charge is 0.331 e. The zero-order valence-corrected chi connectivity index (χ0v) is 13.9. The number of hydrogen-bond acceptors (Lipinski definition) is 5. The van der Waals surface area contributed by atoms with Crippen LogP contribution in [-0.4, -0.2) is 61.8 Å². The number of carbonyl (C=O) groups excluding carboxylic acids is 1. The van der Waals surface area contributed by atoms with E-state index in [1.165, 1.54) is 5.56 Å². The highest BCUT2D eigenvalue weighted by atomic mass is 16.2. The van der Waals surface area contributed by atoms with E-state index in [0.29, 0.717) is 6.54 Å². The van der Waals surface area contributed by atoms with Crippen molar-refractivity contribution in [2.45, 2.75) is 26.6 Å². The van der Waals surface area contributed by atoms with E-state index >= 15 is 0 Å². The Kier molecular flexibility index (Phi) is 5.37. The van der Waals surface area contributed by atoms with Gasteiger partial charge < -0.3 is 14.8 Å². The number of nitrogens with zero attached hydrogens (tertiary/aromatic N) is 6. The molecule has 1 fully saturated rings. The van der Waals surface area contributed by atoms with E-state index in [1.54, 1.807) is 6.33 Å². The minimum atomic E-state index is -0.0378. The third kappa shape index (κ3) is 4.08. The van der Waals surface area contributed by atoms with Crippen LogP contribution in [0.15, 0.2) is 30.9 Å².